The van der Waals surface area contributed by atoms with E-state index in [2.05, 4.69) is 0 Å². The lowest BCUT2D eigenvalue weighted by Crippen LogP contribution is -2.05. The molecule has 0 spiro atoms. The Balaban J connectivity index is 2.58. The SMILES string of the molecule is CCCOC(=O)c1ccc(COC)cc1. The molecule has 0 aromatic heterocycles. The molecular weight excluding hydrogens is 192 g/mol. The van der Waals surface area contributed by atoms with Gasteiger partial charge in [-0.1, -0.05) is 19.1 Å². The van der Waals surface area contributed by atoms with Gasteiger partial charge < -0.3 is 9.47 Å². The predicted molar refractivity (Wildman–Crippen MR) is 57.7 cm³/mol. The molecule has 0 amide bonds. The van der Waals surface area contributed by atoms with Crippen molar-refractivity contribution in [2.24, 2.45) is 0 Å². The van der Waals surface area contributed by atoms with Crippen LogP contribution in [-0.2, 0) is 16.1 Å². The average Bonchev–Trinajstić information content (AvgIpc) is 2.27. The molecule has 0 heterocycles. The van der Waals surface area contributed by atoms with Crippen LogP contribution in [-0.4, -0.2) is 19.7 Å². The van der Waals surface area contributed by atoms with Gasteiger partial charge in [-0.2, -0.15) is 0 Å². The van der Waals surface area contributed by atoms with E-state index < -0.39 is 0 Å². The van der Waals surface area contributed by atoms with Gasteiger partial charge in [-0.3, -0.25) is 0 Å². The Hall–Kier alpha value is -1.35. The minimum Gasteiger partial charge on any atom is -0.462 e. The monoisotopic (exact) mass is 208 g/mol. The lowest BCUT2D eigenvalue weighted by molar-refractivity contribution is 0.0505. The van der Waals surface area contributed by atoms with Crippen molar-refractivity contribution >= 4 is 5.97 Å². The molecule has 82 valence electrons. The molecule has 0 bridgehead atoms. The number of esters is 1. The zero-order valence-electron chi connectivity index (χ0n) is 9.16. The number of carbonyl (C=O) groups is 1. The first kappa shape index (κ1) is 11.7. The number of carbonyl (C=O) groups excluding carboxylic acids is 1. The van der Waals surface area contributed by atoms with Crippen molar-refractivity contribution < 1.29 is 14.3 Å². The summed E-state index contributed by atoms with van der Waals surface area (Å²) in [6.07, 6.45) is 0.841. The quantitative estimate of drug-likeness (QED) is 0.697. The fourth-order valence-electron chi connectivity index (χ4n) is 1.18. The molecule has 0 saturated heterocycles. The van der Waals surface area contributed by atoms with E-state index >= 15 is 0 Å². The molecule has 0 aliphatic heterocycles. The second kappa shape index (κ2) is 6.19. The van der Waals surface area contributed by atoms with Gasteiger partial charge in [-0.15, -0.1) is 0 Å². The highest BCUT2D eigenvalue weighted by molar-refractivity contribution is 5.89. The van der Waals surface area contributed by atoms with Gasteiger partial charge in [-0.25, -0.2) is 4.79 Å². The van der Waals surface area contributed by atoms with Gasteiger partial charge in [0.2, 0.25) is 0 Å². The molecule has 0 atom stereocenters. The van der Waals surface area contributed by atoms with Crippen LogP contribution in [0.5, 0.6) is 0 Å². The fraction of sp³-hybridized carbons (Fsp3) is 0.417. The van der Waals surface area contributed by atoms with Crippen LogP contribution >= 0.6 is 0 Å². The Morgan fingerprint density at radius 2 is 1.93 bits per heavy atom. The van der Waals surface area contributed by atoms with Crippen LogP contribution in [0.1, 0.15) is 29.3 Å². The summed E-state index contributed by atoms with van der Waals surface area (Å²) in [4.78, 5) is 11.4. The van der Waals surface area contributed by atoms with Gasteiger partial charge in [-0.05, 0) is 24.1 Å². The van der Waals surface area contributed by atoms with Crippen LogP contribution in [0, 0.1) is 0 Å². The summed E-state index contributed by atoms with van der Waals surface area (Å²) in [5, 5.41) is 0. The van der Waals surface area contributed by atoms with Gasteiger partial charge in [0.25, 0.3) is 0 Å². The first-order valence-electron chi connectivity index (χ1n) is 5.03. The Bertz CT molecular complexity index is 303. The van der Waals surface area contributed by atoms with Crippen LogP contribution < -0.4 is 0 Å². The lowest BCUT2D eigenvalue weighted by atomic mass is 10.1. The largest absolute Gasteiger partial charge is 0.462 e. The molecule has 0 saturated carbocycles. The summed E-state index contributed by atoms with van der Waals surface area (Å²) in [5.74, 6) is -0.263. The molecule has 0 fully saturated rings. The summed E-state index contributed by atoms with van der Waals surface area (Å²) in [7, 11) is 1.64. The summed E-state index contributed by atoms with van der Waals surface area (Å²) >= 11 is 0. The molecule has 3 nitrogen and oxygen atoms in total. The van der Waals surface area contributed by atoms with Crippen molar-refractivity contribution in [3.05, 3.63) is 35.4 Å². The smallest absolute Gasteiger partial charge is 0.338 e. The zero-order chi connectivity index (χ0) is 11.1. The average molecular weight is 208 g/mol. The standard InChI is InChI=1S/C12H16O3/c1-3-8-15-12(13)11-6-4-10(5-7-11)9-14-2/h4-7H,3,8-9H2,1-2H3. The lowest BCUT2D eigenvalue weighted by Gasteiger charge is -2.04. The number of rotatable bonds is 5. The fourth-order valence-corrected chi connectivity index (χ4v) is 1.18. The topological polar surface area (TPSA) is 35.5 Å². The first-order valence-corrected chi connectivity index (χ1v) is 5.03. The van der Waals surface area contributed by atoms with Gasteiger partial charge in [0.15, 0.2) is 0 Å². The molecule has 0 aliphatic rings. The summed E-state index contributed by atoms with van der Waals surface area (Å²) in [6.45, 7) is 3.00. The number of ether oxygens (including phenoxy) is 2. The van der Waals surface area contributed by atoms with Crippen molar-refractivity contribution in [2.75, 3.05) is 13.7 Å². The van der Waals surface area contributed by atoms with E-state index in [4.69, 9.17) is 9.47 Å². The van der Waals surface area contributed by atoms with Crippen molar-refractivity contribution in [2.45, 2.75) is 20.0 Å². The third-order valence-corrected chi connectivity index (χ3v) is 1.94. The molecule has 1 aromatic rings. The van der Waals surface area contributed by atoms with Gasteiger partial charge >= 0.3 is 5.97 Å². The number of hydrogen-bond acceptors (Lipinski definition) is 3. The molecule has 0 radical (unpaired) electrons. The molecule has 0 N–H and O–H groups in total. The molecule has 1 rings (SSSR count). The second-order valence-electron chi connectivity index (χ2n) is 3.27. The Labute approximate surface area is 90.0 Å². The van der Waals surface area contributed by atoms with Crippen molar-refractivity contribution in [1.29, 1.82) is 0 Å². The molecule has 3 heteroatoms. The van der Waals surface area contributed by atoms with E-state index in [-0.39, 0.29) is 5.97 Å². The maximum Gasteiger partial charge on any atom is 0.338 e. The van der Waals surface area contributed by atoms with Crippen LogP contribution in [0.2, 0.25) is 0 Å². The van der Waals surface area contributed by atoms with Crippen molar-refractivity contribution in [3.8, 4) is 0 Å². The van der Waals surface area contributed by atoms with Crippen LogP contribution in [0.15, 0.2) is 24.3 Å². The third kappa shape index (κ3) is 3.72. The molecular formula is C12H16O3. The Kier molecular flexibility index (Phi) is 4.84. The van der Waals surface area contributed by atoms with E-state index in [1.165, 1.54) is 0 Å². The van der Waals surface area contributed by atoms with Gasteiger partial charge in [0.05, 0.1) is 18.8 Å². The normalized spacial score (nSPS) is 10.0. The van der Waals surface area contributed by atoms with E-state index in [1.807, 2.05) is 19.1 Å². The maximum atomic E-state index is 11.4. The minimum absolute atomic E-state index is 0.263. The molecule has 1 aromatic carbocycles. The van der Waals surface area contributed by atoms with E-state index in [1.54, 1.807) is 19.2 Å². The van der Waals surface area contributed by atoms with Crippen molar-refractivity contribution in [1.82, 2.24) is 0 Å². The minimum atomic E-state index is -0.263. The Morgan fingerprint density at radius 3 is 2.47 bits per heavy atom. The number of hydrogen-bond donors (Lipinski definition) is 0. The second-order valence-corrected chi connectivity index (χ2v) is 3.27. The zero-order valence-corrected chi connectivity index (χ0v) is 9.16. The highest BCUT2D eigenvalue weighted by atomic mass is 16.5. The maximum absolute atomic E-state index is 11.4. The highest BCUT2D eigenvalue weighted by Gasteiger charge is 2.05. The summed E-state index contributed by atoms with van der Waals surface area (Å²) < 4.78 is 9.98. The van der Waals surface area contributed by atoms with Crippen LogP contribution in [0.25, 0.3) is 0 Å². The predicted octanol–water partition coefficient (Wildman–Crippen LogP) is 2.40. The summed E-state index contributed by atoms with van der Waals surface area (Å²) in [6, 6.07) is 7.25. The number of benzene rings is 1. The Morgan fingerprint density at radius 1 is 1.27 bits per heavy atom. The van der Waals surface area contributed by atoms with Gasteiger partial charge in [0.1, 0.15) is 0 Å². The van der Waals surface area contributed by atoms with Crippen LogP contribution in [0.4, 0.5) is 0 Å². The highest BCUT2D eigenvalue weighted by Crippen LogP contribution is 2.07. The van der Waals surface area contributed by atoms with E-state index in [0.717, 1.165) is 12.0 Å². The van der Waals surface area contributed by atoms with E-state index in [9.17, 15) is 4.79 Å². The first-order chi connectivity index (χ1) is 7.27. The van der Waals surface area contributed by atoms with Crippen molar-refractivity contribution in [3.63, 3.8) is 0 Å². The molecule has 0 unspecified atom stereocenters. The third-order valence-electron chi connectivity index (χ3n) is 1.94. The van der Waals surface area contributed by atoms with Gasteiger partial charge in [0, 0.05) is 7.11 Å². The summed E-state index contributed by atoms with van der Waals surface area (Å²) in [5.41, 5.74) is 1.63. The molecule has 15 heavy (non-hydrogen) atoms. The van der Waals surface area contributed by atoms with E-state index in [0.29, 0.717) is 18.8 Å². The van der Waals surface area contributed by atoms with Crippen LogP contribution in [0.3, 0.4) is 0 Å². The number of methoxy groups -OCH3 is 1. The molecule has 0 aliphatic carbocycles.